The van der Waals surface area contributed by atoms with Gasteiger partial charge in [0.2, 0.25) is 0 Å². The van der Waals surface area contributed by atoms with E-state index in [0.717, 1.165) is 24.0 Å². The molecule has 0 nitrogen and oxygen atoms in total. The third-order valence-electron chi connectivity index (χ3n) is 5.33. The van der Waals surface area contributed by atoms with Crippen molar-refractivity contribution in [3.63, 3.8) is 0 Å². The normalized spacial score (nSPS) is 12.7. The van der Waals surface area contributed by atoms with Gasteiger partial charge in [-0.15, -0.1) is 0 Å². The molecular weight excluding hydrogens is 374 g/mol. The number of rotatable bonds is 8. The number of benzene rings is 3. The topological polar surface area (TPSA) is 0 Å². The molecule has 0 radical (unpaired) electrons. The SMILES string of the molecule is C/C=C/CCc1ccc(C=Cc2cc(F)c(C[C@H](C)c3ccccc3)c(F)c2)cc1. The highest BCUT2D eigenvalue weighted by atomic mass is 19.1. The van der Waals surface area contributed by atoms with E-state index in [1.807, 2.05) is 62.4 Å². The van der Waals surface area contributed by atoms with Crippen molar-refractivity contribution in [3.05, 3.63) is 118 Å². The fourth-order valence-electron chi connectivity index (χ4n) is 3.52. The molecule has 0 heterocycles. The van der Waals surface area contributed by atoms with Crippen molar-refractivity contribution < 1.29 is 8.78 Å². The lowest BCUT2D eigenvalue weighted by Gasteiger charge is -2.14. The molecule has 0 saturated carbocycles. The molecule has 2 heteroatoms. The Bertz CT molecular complexity index is 976. The van der Waals surface area contributed by atoms with Crippen LogP contribution in [0.15, 0.2) is 78.9 Å². The maximum absolute atomic E-state index is 14.6. The van der Waals surface area contributed by atoms with Gasteiger partial charge in [0.1, 0.15) is 11.6 Å². The van der Waals surface area contributed by atoms with Crippen molar-refractivity contribution in [1.82, 2.24) is 0 Å². The second-order valence-corrected chi connectivity index (χ2v) is 7.66. The van der Waals surface area contributed by atoms with Crippen molar-refractivity contribution in [2.24, 2.45) is 0 Å². The highest BCUT2D eigenvalue weighted by Crippen LogP contribution is 2.25. The van der Waals surface area contributed by atoms with E-state index < -0.39 is 11.6 Å². The Labute approximate surface area is 178 Å². The molecule has 1 atom stereocenters. The van der Waals surface area contributed by atoms with Crippen molar-refractivity contribution in [2.45, 2.75) is 39.0 Å². The van der Waals surface area contributed by atoms with Gasteiger partial charge in [-0.2, -0.15) is 0 Å². The third kappa shape index (κ3) is 6.00. The molecule has 3 aromatic rings. The van der Waals surface area contributed by atoms with Crippen molar-refractivity contribution >= 4 is 12.2 Å². The summed E-state index contributed by atoms with van der Waals surface area (Å²) in [4.78, 5) is 0. The molecule has 0 aliphatic heterocycles. The first-order valence-electron chi connectivity index (χ1n) is 10.5. The Kier molecular flexibility index (Phi) is 7.73. The van der Waals surface area contributed by atoms with Crippen LogP contribution in [0, 0.1) is 11.6 Å². The maximum atomic E-state index is 14.6. The van der Waals surface area contributed by atoms with Crippen molar-refractivity contribution in [2.75, 3.05) is 0 Å². The van der Waals surface area contributed by atoms with Gasteiger partial charge in [0.05, 0.1) is 0 Å². The van der Waals surface area contributed by atoms with Gasteiger partial charge in [-0.05, 0) is 66.5 Å². The van der Waals surface area contributed by atoms with Crippen LogP contribution in [0.5, 0.6) is 0 Å². The Hall–Kier alpha value is -3.00. The summed E-state index contributed by atoms with van der Waals surface area (Å²) in [6.07, 6.45) is 10.2. The lowest BCUT2D eigenvalue weighted by Crippen LogP contribution is -2.04. The molecule has 0 fully saturated rings. The monoisotopic (exact) mass is 402 g/mol. The van der Waals surface area contributed by atoms with Crippen LogP contribution in [0.4, 0.5) is 8.78 Å². The lowest BCUT2D eigenvalue weighted by atomic mass is 9.92. The summed E-state index contributed by atoms with van der Waals surface area (Å²) in [5, 5.41) is 0. The average molecular weight is 403 g/mol. The zero-order valence-electron chi connectivity index (χ0n) is 17.6. The van der Waals surface area contributed by atoms with Gasteiger partial charge in [0.15, 0.2) is 0 Å². The van der Waals surface area contributed by atoms with E-state index in [2.05, 4.69) is 24.3 Å². The van der Waals surface area contributed by atoms with Gasteiger partial charge in [-0.3, -0.25) is 0 Å². The van der Waals surface area contributed by atoms with Crippen LogP contribution in [0.3, 0.4) is 0 Å². The van der Waals surface area contributed by atoms with Gasteiger partial charge < -0.3 is 0 Å². The van der Waals surface area contributed by atoms with Crippen LogP contribution >= 0.6 is 0 Å². The summed E-state index contributed by atoms with van der Waals surface area (Å²) in [6.45, 7) is 4.01. The Morgan fingerprint density at radius 2 is 1.47 bits per heavy atom. The zero-order valence-corrected chi connectivity index (χ0v) is 17.6. The zero-order chi connectivity index (χ0) is 21.3. The summed E-state index contributed by atoms with van der Waals surface area (Å²) in [5.74, 6) is -0.934. The molecule has 3 rings (SSSR count). The second-order valence-electron chi connectivity index (χ2n) is 7.66. The fourth-order valence-corrected chi connectivity index (χ4v) is 3.52. The number of allylic oxidation sites excluding steroid dienone is 2. The molecule has 0 bridgehead atoms. The van der Waals surface area contributed by atoms with Crippen LogP contribution in [-0.2, 0) is 12.8 Å². The highest BCUT2D eigenvalue weighted by molar-refractivity contribution is 5.69. The molecule has 0 aliphatic rings. The minimum atomic E-state index is -0.489. The Morgan fingerprint density at radius 3 is 2.10 bits per heavy atom. The van der Waals surface area contributed by atoms with Gasteiger partial charge >= 0.3 is 0 Å². The van der Waals surface area contributed by atoms with E-state index in [1.54, 1.807) is 6.08 Å². The molecule has 0 unspecified atom stereocenters. The number of halogens is 2. The van der Waals surface area contributed by atoms with Gasteiger partial charge in [0.25, 0.3) is 0 Å². The summed E-state index contributed by atoms with van der Waals surface area (Å²) in [7, 11) is 0. The van der Waals surface area contributed by atoms with Crippen LogP contribution in [0.25, 0.3) is 12.2 Å². The predicted molar refractivity (Wildman–Crippen MR) is 123 cm³/mol. The summed E-state index contributed by atoms with van der Waals surface area (Å²) in [5.41, 5.74) is 4.04. The predicted octanol–water partition coefficient (Wildman–Crippen LogP) is 7.99. The minimum absolute atomic E-state index is 0.0444. The number of hydrogen-bond acceptors (Lipinski definition) is 0. The molecule has 0 spiro atoms. The van der Waals surface area contributed by atoms with Crippen molar-refractivity contribution in [1.29, 1.82) is 0 Å². The Morgan fingerprint density at radius 1 is 0.833 bits per heavy atom. The van der Waals surface area contributed by atoms with Crippen LogP contribution in [0.2, 0.25) is 0 Å². The first-order chi connectivity index (χ1) is 14.6. The highest BCUT2D eigenvalue weighted by Gasteiger charge is 2.15. The summed E-state index contributed by atoms with van der Waals surface area (Å²) < 4.78 is 29.3. The summed E-state index contributed by atoms with van der Waals surface area (Å²) in [6, 6.07) is 20.9. The van der Waals surface area contributed by atoms with E-state index >= 15 is 0 Å². The lowest BCUT2D eigenvalue weighted by molar-refractivity contribution is 0.543. The number of aryl methyl sites for hydroxylation is 1. The first-order valence-corrected chi connectivity index (χ1v) is 10.5. The van der Waals surface area contributed by atoms with E-state index in [4.69, 9.17) is 0 Å². The molecular formula is C28H28F2. The molecule has 0 aromatic heterocycles. The summed E-state index contributed by atoms with van der Waals surface area (Å²) >= 11 is 0. The molecule has 0 aliphatic carbocycles. The first kappa shape index (κ1) is 21.7. The van der Waals surface area contributed by atoms with Crippen LogP contribution in [0.1, 0.15) is 54.0 Å². The van der Waals surface area contributed by atoms with E-state index in [9.17, 15) is 8.78 Å². The molecule has 0 N–H and O–H groups in total. The largest absolute Gasteiger partial charge is 0.207 e. The van der Waals surface area contributed by atoms with Crippen LogP contribution < -0.4 is 0 Å². The molecule has 3 aromatic carbocycles. The smallest absolute Gasteiger partial charge is 0.129 e. The van der Waals surface area contributed by atoms with Gasteiger partial charge in [-0.25, -0.2) is 8.78 Å². The Balaban J connectivity index is 1.69. The minimum Gasteiger partial charge on any atom is -0.207 e. The molecule has 154 valence electrons. The maximum Gasteiger partial charge on any atom is 0.129 e. The molecule has 0 saturated heterocycles. The standard InChI is InChI=1S/C28H28F2/c1-3-4-6-9-22-12-14-23(15-13-22)16-17-24-19-27(29)26(28(30)20-24)18-21(2)25-10-7-5-8-11-25/h3-5,7-8,10-17,19-21H,6,9,18H2,1-2H3/b4-3+,17-16?/t21-/m0/s1. The van der Waals surface area contributed by atoms with E-state index in [0.29, 0.717) is 12.0 Å². The average Bonchev–Trinajstić information content (AvgIpc) is 2.76. The van der Waals surface area contributed by atoms with Gasteiger partial charge in [-0.1, -0.05) is 85.8 Å². The number of hydrogen-bond donors (Lipinski definition) is 0. The van der Waals surface area contributed by atoms with E-state index in [-0.39, 0.29) is 11.5 Å². The molecule has 30 heavy (non-hydrogen) atoms. The van der Waals surface area contributed by atoms with Crippen molar-refractivity contribution in [3.8, 4) is 0 Å². The second kappa shape index (κ2) is 10.7. The fraction of sp³-hybridized carbons (Fsp3) is 0.214. The van der Waals surface area contributed by atoms with E-state index in [1.165, 1.54) is 17.7 Å². The van der Waals surface area contributed by atoms with Gasteiger partial charge in [0, 0.05) is 5.56 Å². The molecule has 0 amide bonds. The van der Waals surface area contributed by atoms with Crippen LogP contribution in [-0.4, -0.2) is 0 Å². The quantitative estimate of drug-likeness (QED) is 0.264. The third-order valence-corrected chi connectivity index (χ3v) is 5.33.